The molecule has 7 heteroatoms. The predicted octanol–water partition coefficient (Wildman–Crippen LogP) is 3.52. The number of nitrogens with one attached hydrogen (secondary N) is 2. The number of halogens is 1. The lowest BCUT2D eigenvalue weighted by molar-refractivity contribution is -0.134. The van der Waals surface area contributed by atoms with Crippen molar-refractivity contribution in [2.24, 2.45) is 0 Å². The zero-order chi connectivity index (χ0) is 18.9. The number of ether oxygens (including phenoxy) is 1. The Morgan fingerprint density at radius 3 is 2.58 bits per heavy atom. The first-order chi connectivity index (χ1) is 12.3. The molecular weight excluding hydrogens is 400 g/mol. The summed E-state index contributed by atoms with van der Waals surface area (Å²) in [4.78, 5) is 36.5. The third-order valence-electron chi connectivity index (χ3n) is 4.10. The number of anilines is 2. The standard InChI is InChI=1S/C19H17BrN2O4/c1-11(23)21-15-8-7-13(20)9-16(15)22-18(25)19(2)10-12-5-3-4-6-14(12)17(24)26-19/h3-9H,10H2,1-2H3,(H,21,23)(H,22,25). The molecular formula is C19H17BrN2O4. The average Bonchev–Trinajstić information content (AvgIpc) is 2.57. The van der Waals surface area contributed by atoms with Crippen molar-refractivity contribution in [3.05, 3.63) is 58.1 Å². The van der Waals surface area contributed by atoms with Gasteiger partial charge >= 0.3 is 5.97 Å². The lowest BCUT2D eigenvalue weighted by Crippen LogP contribution is -2.49. The van der Waals surface area contributed by atoms with Crippen LogP contribution in [-0.4, -0.2) is 23.4 Å². The Balaban J connectivity index is 1.88. The summed E-state index contributed by atoms with van der Waals surface area (Å²) >= 11 is 3.34. The second kappa shape index (κ2) is 6.92. The molecule has 2 N–H and O–H groups in total. The Morgan fingerprint density at radius 1 is 1.12 bits per heavy atom. The van der Waals surface area contributed by atoms with Gasteiger partial charge in [0.25, 0.3) is 5.91 Å². The van der Waals surface area contributed by atoms with E-state index in [0.717, 1.165) is 10.0 Å². The first-order valence-electron chi connectivity index (χ1n) is 7.98. The third-order valence-corrected chi connectivity index (χ3v) is 4.60. The Bertz CT molecular complexity index is 912. The van der Waals surface area contributed by atoms with E-state index in [4.69, 9.17) is 4.74 Å². The highest BCUT2D eigenvalue weighted by Gasteiger charge is 2.42. The first kappa shape index (κ1) is 18.1. The molecule has 1 unspecified atom stereocenters. The third kappa shape index (κ3) is 3.62. The van der Waals surface area contributed by atoms with Gasteiger partial charge < -0.3 is 15.4 Å². The Labute approximate surface area is 159 Å². The maximum atomic E-state index is 12.9. The van der Waals surface area contributed by atoms with E-state index in [-0.39, 0.29) is 12.3 Å². The van der Waals surface area contributed by atoms with Crippen LogP contribution in [0.15, 0.2) is 46.9 Å². The Hall–Kier alpha value is -2.67. The number of rotatable bonds is 3. The highest BCUT2D eigenvalue weighted by atomic mass is 79.9. The number of esters is 1. The fraction of sp³-hybridized carbons (Fsp3) is 0.211. The van der Waals surface area contributed by atoms with Crippen LogP contribution in [-0.2, 0) is 20.7 Å². The zero-order valence-electron chi connectivity index (χ0n) is 14.3. The van der Waals surface area contributed by atoms with Crippen molar-refractivity contribution in [2.75, 3.05) is 10.6 Å². The van der Waals surface area contributed by atoms with Crippen molar-refractivity contribution in [1.29, 1.82) is 0 Å². The molecule has 1 aliphatic heterocycles. The summed E-state index contributed by atoms with van der Waals surface area (Å²) in [5, 5.41) is 5.42. The van der Waals surface area contributed by atoms with Gasteiger partial charge in [-0.2, -0.15) is 0 Å². The average molecular weight is 417 g/mol. The molecule has 3 rings (SSSR count). The van der Waals surface area contributed by atoms with Crippen LogP contribution in [0.3, 0.4) is 0 Å². The minimum atomic E-state index is -1.35. The van der Waals surface area contributed by atoms with E-state index in [1.54, 1.807) is 37.3 Å². The quantitative estimate of drug-likeness (QED) is 0.749. The van der Waals surface area contributed by atoms with Crippen LogP contribution in [0.1, 0.15) is 29.8 Å². The summed E-state index contributed by atoms with van der Waals surface area (Å²) in [6.45, 7) is 2.96. The molecule has 2 aromatic carbocycles. The predicted molar refractivity (Wildman–Crippen MR) is 101 cm³/mol. The number of hydrogen-bond donors (Lipinski definition) is 2. The molecule has 2 amide bonds. The molecule has 0 aliphatic carbocycles. The van der Waals surface area contributed by atoms with E-state index in [9.17, 15) is 14.4 Å². The normalized spacial score (nSPS) is 18.5. The van der Waals surface area contributed by atoms with Gasteiger partial charge in [0.05, 0.1) is 16.9 Å². The fourth-order valence-electron chi connectivity index (χ4n) is 2.83. The number of benzene rings is 2. The van der Waals surface area contributed by atoms with Crippen molar-refractivity contribution in [3.63, 3.8) is 0 Å². The molecule has 1 heterocycles. The molecule has 0 radical (unpaired) electrons. The molecule has 134 valence electrons. The van der Waals surface area contributed by atoms with Gasteiger partial charge in [-0.25, -0.2) is 4.79 Å². The lowest BCUT2D eigenvalue weighted by atomic mass is 9.89. The highest BCUT2D eigenvalue weighted by Crippen LogP contribution is 2.31. The molecule has 26 heavy (non-hydrogen) atoms. The number of carbonyl (C=O) groups is 3. The molecule has 0 saturated heterocycles. The number of amides is 2. The van der Waals surface area contributed by atoms with Gasteiger partial charge in [-0.1, -0.05) is 34.1 Å². The van der Waals surface area contributed by atoms with Crippen LogP contribution in [0, 0.1) is 0 Å². The molecule has 2 aromatic rings. The molecule has 6 nitrogen and oxygen atoms in total. The molecule has 0 fully saturated rings. The van der Waals surface area contributed by atoms with Crippen molar-refractivity contribution < 1.29 is 19.1 Å². The molecule has 1 atom stereocenters. The number of fused-ring (bicyclic) bond motifs is 1. The number of hydrogen-bond acceptors (Lipinski definition) is 4. The minimum Gasteiger partial charge on any atom is -0.445 e. The first-order valence-corrected chi connectivity index (χ1v) is 8.78. The zero-order valence-corrected chi connectivity index (χ0v) is 15.8. The molecule has 0 saturated carbocycles. The fourth-order valence-corrected chi connectivity index (χ4v) is 3.19. The summed E-state index contributed by atoms with van der Waals surface area (Å²) in [5.74, 6) is -1.25. The van der Waals surface area contributed by atoms with Crippen LogP contribution in [0.25, 0.3) is 0 Å². The largest absolute Gasteiger partial charge is 0.445 e. The van der Waals surface area contributed by atoms with Gasteiger partial charge in [0.2, 0.25) is 5.91 Å². The summed E-state index contributed by atoms with van der Waals surface area (Å²) in [6, 6.07) is 12.2. The highest BCUT2D eigenvalue weighted by molar-refractivity contribution is 9.10. The molecule has 0 spiro atoms. The van der Waals surface area contributed by atoms with E-state index in [0.29, 0.717) is 16.9 Å². The van der Waals surface area contributed by atoms with Crippen LogP contribution < -0.4 is 10.6 Å². The molecule has 0 aromatic heterocycles. The van der Waals surface area contributed by atoms with Crippen LogP contribution in [0.5, 0.6) is 0 Å². The Kier molecular flexibility index (Phi) is 4.82. The smallest absolute Gasteiger partial charge is 0.339 e. The SMILES string of the molecule is CC(=O)Nc1ccc(Br)cc1NC(=O)C1(C)Cc2ccccc2C(=O)O1. The summed E-state index contributed by atoms with van der Waals surface area (Å²) in [7, 11) is 0. The van der Waals surface area contributed by atoms with Crippen LogP contribution in [0.4, 0.5) is 11.4 Å². The minimum absolute atomic E-state index is 0.257. The van der Waals surface area contributed by atoms with Gasteiger partial charge in [0.15, 0.2) is 5.60 Å². The van der Waals surface area contributed by atoms with Gasteiger partial charge in [0.1, 0.15) is 0 Å². The number of cyclic esters (lactones) is 1. The van der Waals surface area contributed by atoms with E-state index in [1.165, 1.54) is 6.92 Å². The summed E-state index contributed by atoms with van der Waals surface area (Å²) in [6.07, 6.45) is 0.268. The van der Waals surface area contributed by atoms with E-state index < -0.39 is 17.5 Å². The van der Waals surface area contributed by atoms with Crippen molar-refractivity contribution in [3.8, 4) is 0 Å². The van der Waals surface area contributed by atoms with E-state index in [2.05, 4.69) is 26.6 Å². The van der Waals surface area contributed by atoms with Gasteiger partial charge in [-0.05, 0) is 36.8 Å². The topological polar surface area (TPSA) is 84.5 Å². The van der Waals surface area contributed by atoms with E-state index >= 15 is 0 Å². The summed E-state index contributed by atoms with van der Waals surface area (Å²) < 4.78 is 6.17. The van der Waals surface area contributed by atoms with Gasteiger partial charge in [-0.3, -0.25) is 9.59 Å². The molecule has 0 bridgehead atoms. The van der Waals surface area contributed by atoms with Crippen LogP contribution in [0.2, 0.25) is 0 Å². The summed E-state index contributed by atoms with van der Waals surface area (Å²) in [5.41, 5.74) is 0.758. The van der Waals surface area contributed by atoms with Crippen molar-refractivity contribution in [1.82, 2.24) is 0 Å². The second-order valence-electron chi connectivity index (χ2n) is 6.28. The van der Waals surface area contributed by atoms with Crippen molar-refractivity contribution >= 4 is 45.1 Å². The van der Waals surface area contributed by atoms with Crippen LogP contribution >= 0.6 is 15.9 Å². The lowest BCUT2D eigenvalue weighted by Gasteiger charge is -2.33. The van der Waals surface area contributed by atoms with Gasteiger partial charge in [0, 0.05) is 17.8 Å². The Morgan fingerprint density at radius 2 is 1.85 bits per heavy atom. The van der Waals surface area contributed by atoms with Gasteiger partial charge in [-0.15, -0.1) is 0 Å². The monoisotopic (exact) mass is 416 g/mol. The molecule has 1 aliphatic rings. The van der Waals surface area contributed by atoms with Crippen molar-refractivity contribution in [2.45, 2.75) is 25.9 Å². The number of carbonyl (C=O) groups excluding carboxylic acids is 3. The second-order valence-corrected chi connectivity index (χ2v) is 7.20. The maximum absolute atomic E-state index is 12.9. The van der Waals surface area contributed by atoms with E-state index in [1.807, 2.05) is 12.1 Å². The maximum Gasteiger partial charge on any atom is 0.339 e.